The molecule has 4 rings (SSSR count). The minimum Gasteiger partial charge on any atom is -0.494 e. The second-order valence-electron chi connectivity index (χ2n) is 7.62. The van der Waals surface area contributed by atoms with Crippen molar-refractivity contribution >= 4 is 57.5 Å². The Balaban J connectivity index is 1.58. The van der Waals surface area contributed by atoms with Crippen LogP contribution in [0.5, 0.6) is 5.75 Å². The molecule has 7 nitrogen and oxygen atoms in total. The topological polar surface area (TPSA) is 85.6 Å². The lowest BCUT2D eigenvalue weighted by Gasteiger charge is -2.13. The highest BCUT2D eigenvalue weighted by Gasteiger charge is 2.15. The smallest absolute Gasteiger partial charge is 0.266 e. The van der Waals surface area contributed by atoms with Crippen LogP contribution in [0, 0.1) is 0 Å². The van der Waals surface area contributed by atoms with Crippen LogP contribution in [0.15, 0.2) is 81.8 Å². The number of rotatable bonds is 8. The third-order valence-corrected chi connectivity index (χ3v) is 6.64. The quantitative estimate of drug-likeness (QED) is 0.133. The Labute approximate surface area is 222 Å². The summed E-state index contributed by atoms with van der Waals surface area (Å²) in [6, 6.07) is 19.3. The molecule has 36 heavy (non-hydrogen) atoms. The first-order chi connectivity index (χ1) is 17.4. The molecule has 10 heteroatoms. The molecule has 3 aromatic carbocycles. The predicted molar refractivity (Wildman–Crippen MR) is 146 cm³/mol. The summed E-state index contributed by atoms with van der Waals surface area (Å²) in [7, 11) is 0. The maximum absolute atomic E-state index is 13.4. The van der Waals surface area contributed by atoms with Gasteiger partial charge in [-0.25, -0.2) is 10.4 Å². The molecule has 184 valence electrons. The van der Waals surface area contributed by atoms with Gasteiger partial charge in [0, 0.05) is 10.6 Å². The maximum Gasteiger partial charge on any atom is 0.266 e. The summed E-state index contributed by atoms with van der Waals surface area (Å²) in [5, 5.41) is 5.97. The zero-order chi connectivity index (χ0) is 25.7. The van der Waals surface area contributed by atoms with Crippen LogP contribution in [-0.2, 0) is 4.79 Å². The molecular formula is C26H22Cl2N4O3S. The van der Waals surface area contributed by atoms with E-state index in [9.17, 15) is 9.59 Å². The summed E-state index contributed by atoms with van der Waals surface area (Å²) in [6.07, 6.45) is 0. The van der Waals surface area contributed by atoms with E-state index in [1.165, 1.54) is 4.57 Å². The first kappa shape index (κ1) is 25.8. The highest BCUT2D eigenvalue weighted by Crippen LogP contribution is 2.24. The van der Waals surface area contributed by atoms with E-state index in [4.69, 9.17) is 27.9 Å². The highest BCUT2D eigenvalue weighted by molar-refractivity contribution is 7.99. The van der Waals surface area contributed by atoms with Crippen LogP contribution in [0.4, 0.5) is 0 Å². The van der Waals surface area contributed by atoms with Gasteiger partial charge in [-0.1, -0.05) is 53.2 Å². The molecule has 0 saturated carbocycles. The van der Waals surface area contributed by atoms with Crippen LogP contribution >= 0.6 is 35.0 Å². The Morgan fingerprint density at radius 3 is 2.58 bits per heavy atom. The first-order valence-corrected chi connectivity index (χ1v) is 12.8. The monoisotopic (exact) mass is 540 g/mol. The van der Waals surface area contributed by atoms with Gasteiger partial charge in [-0.2, -0.15) is 5.10 Å². The van der Waals surface area contributed by atoms with Crippen molar-refractivity contribution in [1.29, 1.82) is 0 Å². The van der Waals surface area contributed by atoms with E-state index < -0.39 is 0 Å². The number of nitrogens with zero attached hydrogens (tertiary/aromatic N) is 3. The molecule has 0 aliphatic carbocycles. The number of hydrogen-bond acceptors (Lipinski definition) is 6. The van der Waals surface area contributed by atoms with E-state index in [-0.39, 0.29) is 17.2 Å². The van der Waals surface area contributed by atoms with Gasteiger partial charge in [0.05, 0.1) is 39.7 Å². The molecule has 0 aliphatic heterocycles. The van der Waals surface area contributed by atoms with Gasteiger partial charge in [0.2, 0.25) is 0 Å². The number of carbonyl (C=O) groups is 1. The summed E-state index contributed by atoms with van der Waals surface area (Å²) < 4.78 is 7.01. The highest BCUT2D eigenvalue weighted by atomic mass is 35.5. The number of ether oxygens (including phenoxy) is 1. The fourth-order valence-electron chi connectivity index (χ4n) is 3.45. The molecule has 0 radical (unpaired) electrons. The summed E-state index contributed by atoms with van der Waals surface area (Å²) in [6.45, 7) is 4.18. The van der Waals surface area contributed by atoms with Crippen molar-refractivity contribution in [2.45, 2.75) is 19.0 Å². The molecule has 1 aromatic heterocycles. The molecule has 0 spiro atoms. The zero-order valence-electron chi connectivity index (χ0n) is 19.5. The summed E-state index contributed by atoms with van der Waals surface area (Å²) >= 11 is 13.3. The van der Waals surface area contributed by atoms with Crippen molar-refractivity contribution in [3.63, 3.8) is 0 Å². The fraction of sp³-hybridized carbons (Fsp3) is 0.154. The Bertz CT molecular complexity index is 1500. The van der Waals surface area contributed by atoms with Gasteiger partial charge in [0.1, 0.15) is 5.75 Å². The van der Waals surface area contributed by atoms with Gasteiger partial charge >= 0.3 is 0 Å². The van der Waals surface area contributed by atoms with Crippen LogP contribution < -0.4 is 15.7 Å². The van der Waals surface area contributed by atoms with Gasteiger partial charge in [-0.3, -0.25) is 14.2 Å². The van der Waals surface area contributed by atoms with Crippen molar-refractivity contribution in [1.82, 2.24) is 15.0 Å². The number of carbonyl (C=O) groups excluding carboxylic acids is 1. The largest absolute Gasteiger partial charge is 0.494 e. The van der Waals surface area contributed by atoms with Gasteiger partial charge in [-0.05, 0) is 62.4 Å². The van der Waals surface area contributed by atoms with Gasteiger partial charge in [0.15, 0.2) is 5.16 Å². The fourth-order valence-corrected chi connectivity index (χ4v) is 4.80. The zero-order valence-corrected chi connectivity index (χ0v) is 21.8. The molecule has 0 bridgehead atoms. The minimum atomic E-state index is -0.356. The van der Waals surface area contributed by atoms with E-state index in [2.05, 4.69) is 15.5 Å². The van der Waals surface area contributed by atoms with Gasteiger partial charge < -0.3 is 4.74 Å². The first-order valence-electron chi connectivity index (χ1n) is 11.0. The molecule has 1 amide bonds. The van der Waals surface area contributed by atoms with Gasteiger partial charge in [0.25, 0.3) is 11.5 Å². The van der Waals surface area contributed by atoms with Crippen molar-refractivity contribution < 1.29 is 9.53 Å². The van der Waals surface area contributed by atoms with Crippen molar-refractivity contribution in [3.05, 3.63) is 92.7 Å². The molecule has 0 saturated heterocycles. The second-order valence-corrected chi connectivity index (χ2v) is 9.41. The van der Waals surface area contributed by atoms with Crippen LogP contribution in [-0.4, -0.2) is 33.5 Å². The van der Waals surface area contributed by atoms with Crippen molar-refractivity contribution in [3.8, 4) is 11.4 Å². The number of halogens is 2. The van der Waals surface area contributed by atoms with Crippen molar-refractivity contribution in [2.75, 3.05) is 12.4 Å². The maximum atomic E-state index is 13.4. The van der Waals surface area contributed by atoms with E-state index in [1.54, 1.807) is 67.6 Å². The lowest BCUT2D eigenvalue weighted by atomic mass is 10.1. The van der Waals surface area contributed by atoms with Crippen LogP contribution in [0.25, 0.3) is 16.6 Å². The summed E-state index contributed by atoms with van der Waals surface area (Å²) in [5.41, 5.74) is 4.68. The van der Waals surface area contributed by atoms with Crippen LogP contribution in [0.3, 0.4) is 0 Å². The average Bonchev–Trinajstić information content (AvgIpc) is 2.87. The molecule has 1 heterocycles. The number of fused-ring (bicyclic) bond motifs is 1. The SMILES string of the molecule is CCOc1ccc(-n2c(SCC(=O)NN=C(C)c3ccc(Cl)cc3Cl)nc3ccccc3c2=O)cc1. The standard InChI is InChI=1S/C26H22Cl2N4O3S/c1-3-35-19-11-9-18(10-12-19)32-25(34)21-6-4-5-7-23(21)29-26(32)36-15-24(33)31-30-16(2)20-13-8-17(27)14-22(20)28/h4-14H,3,15H2,1-2H3,(H,31,33). The third kappa shape index (κ3) is 5.90. The molecule has 0 unspecified atom stereocenters. The number of thioether (sulfide) groups is 1. The predicted octanol–water partition coefficient (Wildman–Crippen LogP) is 5.72. The van der Waals surface area contributed by atoms with E-state index in [1.807, 2.05) is 13.0 Å². The summed E-state index contributed by atoms with van der Waals surface area (Å²) in [4.78, 5) is 30.6. The Kier molecular flexibility index (Phi) is 8.30. The molecule has 0 fully saturated rings. The molecule has 1 N–H and O–H groups in total. The second kappa shape index (κ2) is 11.6. The molecule has 0 aliphatic rings. The minimum absolute atomic E-state index is 0.00700. The number of hydrogen-bond donors (Lipinski definition) is 1. The number of amides is 1. The number of hydrazone groups is 1. The van der Waals surface area contributed by atoms with E-state index in [0.29, 0.717) is 55.4 Å². The Morgan fingerprint density at radius 1 is 1.11 bits per heavy atom. The normalized spacial score (nSPS) is 11.5. The number of nitrogens with one attached hydrogen (secondary N) is 1. The number of para-hydroxylation sites is 1. The van der Waals surface area contributed by atoms with Crippen LogP contribution in [0.2, 0.25) is 10.0 Å². The summed E-state index contributed by atoms with van der Waals surface area (Å²) in [5.74, 6) is 0.336. The van der Waals surface area contributed by atoms with E-state index >= 15 is 0 Å². The molecular weight excluding hydrogens is 519 g/mol. The van der Waals surface area contributed by atoms with Gasteiger partial charge in [-0.15, -0.1) is 0 Å². The van der Waals surface area contributed by atoms with Crippen molar-refractivity contribution in [2.24, 2.45) is 5.10 Å². The lowest BCUT2D eigenvalue weighted by Crippen LogP contribution is -2.24. The number of benzene rings is 3. The lowest BCUT2D eigenvalue weighted by molar-refractivity contribution is -0.118. The Hall–Kier alpha value is -3.33. The van der Waals surface area contributed by atoms with Crippen LogP contribution in [0.1, 0.15) is 19.4 Å². The molecule has 0 atom stereocenters. The molecule has 4 aromatic rings. The van der Waals surface area contributed by atoms with E-state index in [0.717, 1.165) is 11.8 Å². The third-order valence-electron chi connectivity index (χ3n) is 5.15. The average molecular weight is 541 g/mol. The Morgan fingerprint density at radius 2 is 1.86 bits per heavy atom. The number of aromatic nitrogens is 2.